The summed E-state index contributed by atoms with van der Waals surface area (Å²) in [6, 6.07) is 9.01. The molecule has 7 heteroatoms. The van der Waals surface area contributed by atoms with E-state index < -0.39 is 11.7 Å². The van der Waals surface area contributed by atoms with Gasteiger partial charge in [0.15, 0.2) is 0 Å². The number of amides is 1. The van der Waals surface area contributed by atoms with Gasteiger partial charge in [0.1, 0.15) is 5.60 Å². The minimum atomic E-state index is -0.456. The van der Waals surface area contributed by atoms with E-state index in [1.54, 1.807) is 36.9 Å². The van der Waals surface area contributed by atoms with Crippen LogP contribution >= 0.6 is 0 Å². The predicted molar refractivity (Wildman–Crippen MR) is 116 cm³/mol. The van der Waals surface area contributed by atoms with Gasteiger partial charge in [-0.3, -0.25) is 9.97 Å². The van der Waals surface area contributed by atoms with Gasteiger partial charge in [-0.15, -0.1) is 0 Å². The van der Waals surface area contributed by atoms with Crippen molar-refractivity contribution in [2.75, 3.05) is 0 Å². The Morgan fingerprint density at radius 2 is 1.41 bits per heavy atom. The summed E-state index contributed by atoms with van der Waals surface area (Å²) in [7, 11) is 0. The monoisotopic (exact) mass is 439 g/mol. The van der Waals surface area contributed by atoms with E-state index in [-0.39, 0.29) is 26.0 Å². The summed E-state index contributed by atoms with van der Waals surface area (Å²) < 4.78 is 5.09. The molecule has 29 heavy (non-hydrogen) atoms. The van der Waals surface area contributed by atoms with Crippen molar-refractivity contribution in [3.8, 4) is 6.07 Å². The molecule has 0 fully saturated rings. The van der Waals surface area contributed by atoms with Crippen LogP contribution < -0.4 is 5.32 Å². The van der Waals surface area contributed by atoms with E-state index in [0.29, 0.717) is 12.1 Å². The van der Waals surface area contributed by atoms with Crippen LogP contribution in [0, 0.1) is 11.3 Å². The van der Waals surface area contributed by atoms with Gasteiger partial charge in [-0.1, -0.05) is 35.1 Å². The molecule has 0 saturated carbocycles. The predicted octanol–water partition coefficient (Wildman–Crippen LogP) is 5.75. The van der Waals surface area contributed by atoms with Crippen LogP contribution in [0.2, 0.25) is 0 Å². The fourth-order valence-electron chi connectivity index (χ4n) is 1.42. The quantitative estimate of drug-likeness (QED) is 0.644. The molecule has 6 nitrogen and oxygen atoms in total. The second kappa shape index (κ2) is 21.9. The summed E-state index contributed by atoms with van der Waals surface area (Å²) in [4.78, 5) is 18.9. The number of ether oxygens (including phenoxy) is 1. The van der Waals surface area contributed by atoms with Crippen molar-refractivity contribution >= 4 is 6.09 Å². The summed E-state index contributed by atoms with van der Waals surface area (Å²) in [6.45, 7) is 14.0. The Bertz CT molecular complexity index is 639. The van der Waals surface area contributed by atoms with E-state index in [1.165, 1.54) is 0 Å². The first kappa shape index (κ1) is 34.2. The van der Waals surface area contributed by atoms with E-state index in [0.717, 1.165) is 5.56 Å². The Morgan fingerprint density at radius 3 is 1.76 bits per heavy atom. The first-order chi connectivity index (χ1) is 12.9. The number of carbonyl (C=O) groups excluding carboxylic acids is 1. The van der Waals surface area contributed by atoms with Crippen molar-refractivity contribution < 1.29 is 28.1 Å². The van der Waals surface area contributed by atoms with Gasteiger partial charge in [0.25, 0.3) is 0 Å². The molecule has 0 unspecified atom stereocenters. The van der Waals surface area contributed by atoms with Gasteiger partial charge in [0.05, 0.1) is 11.6 Å². The molecule has 161 valence electrons. The van der Waals surface area contributed by atoms with Crippen LogP contribution in [-0.4, -0.2) is 21.7 Å². The van der Waals surface area contributed by atoms with Crippen LogP contribution in [-0.2, 0) is 29.8 Å². The van der Waals surface area contributed by atoms with E-state index in [1.807, 2.05) is 66.7 Å². The average molecular weight is 440 g/mol. The zero-order valence-corrected chi connectivity index (χ0v) is 19.3. The maximum atomic E-state index is 11.3. The van der Waals surface area contributed by atoms with Crippen molar-refractivity contribution in [1.29, 1.82) is 5.26 Å². The van der Waals surface area contributed by atoms with Gasteiger partial charge in [0, 0.05) is 49.9 Å². The molecule has 0 spiro atoms. The number of aromatic nitrogens is 2. The first-order valence-corrected chi connectivity index (χ1v) is 9.06. The number of nitriles is 1. The van der Waals surface area contributed by atoms with Gasteiger partial charge in [0.2, 0.25) is 0 Å². The molecule has 2 heterocycles. The third-order valence-corrected chi connectivity index (χ3v) is 2.39. The molecule has 0 aliphatic carbocycles. The van der Waals surface area contributed by atoms with Gasteiger partial charge in [-0.05, 0) is 50.6 Å². The second-order valence-corrected chi connectivity index (χ2v) is 5.56. The zero-order valence-electron chi connectivity index (χ0n) is 17.9. The molecule has 1 amide bonds. The van der Waals surface area contributed by atoms with Gasteiger partial charge in [-0.25, -0.2) is 4.79 Å². The number of nitrogens with zero attached hydrogens (tertiary/aromatic N) is 3. The van der Waals surface area contributed by atoms with Gasteiger partial charge < -0.3 is 10.1 Å². The summed E-state index contributed by atoms with van der Waals surface area (Å²) in [5.41, 5.74) is 1.19. The van der Waals surface area contributed by atoms with Crippen molar-refractivity contribution in [2.45, 2.75) is 68.0 Å². The molecule has 0 aromatic carbocycles. The van der Waals surface area contributed by atoms with E-state index in [9.17, 15) is 4.79 Å². The molecule has 0 aliphatic heterocycles. The Morgan fingerprint density at radius 1 is 1.00 bits per heavy atom. The number of alkyl carbamates (subject to hydrolysis) is 1. The number of pyridine rings is 2. The molecule has 1 N–H and O–H groups in total. The molecule has 2 aromatic heterocycles. The van der Waals surface area contributed by atoms with Crippen LogP contribution in [0.1, 0.15) is 67.0 Å². The van der Waals surface area contributed by atoms with Crippen LogP contribution in [0.4, 0.5) is 4.79 Å². The van der Waals surface area contributed by atoms with Crippen molar-refractivity contribution in [3.63, 3.8) is 0 Å². The maximum Gasteiger partial charge on any atom is 0.407 e. The Kier molecular flexibility index (Phi) is 25.9. The molecular weight excluding hydrogens is 403 g/mol. The summed E-state index contributed by atoms with van der Waals surface area (Å²) >= 11 is 0. The third-order valence-electron chi connectivity index (χ3n) is 2.39. The third kappa shape index (κ3) is 21.8. The minimum Gasteiger partial charge on any atom is -0.444 e. The number of hydrogen-bond donors (Lipinski definition) is 1. The molecule has 2 rings (SSSR count). The number of hydrogen-bond acceptors (Lipinski definition) is 5. The number of carbonyl (C=O) groups is 1. The minimum absolute atomic E-state index is 0. The van der Waals surface area contributed by atoms with Crippen molar-refractivity contribution in [2.24, 2.45) is 0 Å². The second-order valence-electron chi connectivity index (χ2n) is 5.56. The molecular formula is C22H36N4O2V. The van der Waals surface area contributed by atoms with E-state index in [2.05, 4.69) is 15.3 Å². The van der Waals surface area contributed by atoms with Crippen molar-refractivity contribution in [3.05, 3.63) is 60.2 Å². The summed E-state index contributed by atoms with van der Waals surface area (Å²) in [6.07, 6.45) is 6.16. The largest absolute Gasteiger partial charge is 0.444 e. The van der Waals surface area contributed by atoms with Gasteiger partial charge in [-0.2, -0.15) is 5.26 Å². The zero-order chi connectivity index (χ0) is 21.1. The number of nitrogens with one attached hydrogen (secondary N) is 1. The molecule has 0 aliphatic rings. The Hall–Kier alpha value is -2.36. The smallest absolute Gasteiger partial charge is 0.407 e. The molecule has 0 bridgehead atoms. The van der Waals surface area contributed by atoms with Crippen LogP contribution in [0.25, 0.3) is 0 Å². The van der Waals surface area contributed by atoms with Crippen LogP contribution in [0.3, 0.4) is 0 Å². The number of rotatable bonds is 2. The standard InChI is InChI=1S/C11H16N2O2.C6H4N2.2C2H6.CH4.V/c1-11(2,3)15-10(14)13-8-9-4-6-12-7-5-9;7-5-6-1-3-8-4-2-6;2*1-2;;/h4-7H,8H2,1-3H3,(H,13,14);1-4H;2*1-2H3;1H4;. The fourth-order valence-corrected chi connectivity index (χ4v) is 1.42. The Labute approximate surface area is 189 Å². The SMILES string of the molecule is C.CC.CC.CC(C)(C)OC(=O)NCc1ccncc1.N#Cc1ccncc1.[V]. The van der Waals surface area contributed by atoms with E-state index in [4.69, 9.17) is 10.00 Å². The molecule has 2 aromatic rings. The summed E-state index contributed by atoms with van der Waals surface area (Å²) in [5.74, 6) is 0. The van der Waals surface area contributed by atoms with Crippen molar-refractivity contribution in [1.82, 2.24) is 15.3 Å². The Balaban J connectivity index is -0.000000191. The molecule has 0 saturated heterocycles. The van der Waals surface area contributed by atoms with Gasteiger partial charge >= 0.3 is 6.09 Å². The van der Waals surface area contributed by atoms with Crippen LogP contribution in [0.5, 0.6) is 0 Å². The van der Waals surface area contributed by atoms with Crippen LogP contribution in [0.15, 0.2) is 49.1 Å². The fraction of sp³-hybridized carbons (Fsp3) is 0.455. The molecule has 1 radical (unpaired) electrons. The first-order valence-electron chi connectivity index (χ1n) is 9.06. The molecule has 0 atom stereocenters. The topological polar surface area (TPSA) is 87.9 Å². The maximum absolute atomic E-state index is 11.3. The summed E-state index contributed by atoms with van der Waals surface area (Å²) in [5, 5.41) is 10.9. The van der Waals surface area contributed by atoms with E-state index >= 15 is 0 Å². The average Bonchev–Trinajstić information content (AvgIpc) is 2.70. The normalized spacial score (nSPS) is 8.21.